The molecule has 2 aromatic carbocycles. The smallest absolute Gasteiger partial charge is 0.233 e. The summed E-state index contributed by atoms with van der Waals surface area (Å²) in [6, 6.07) is 14.0. The number of methoxy groups -OCH3 is 2. The predicted octanol–water partition coefficient (Wildman–Crippen LogP) is 1.83. The van der Waals surface area contributed by atoms with Crippen LogP contribution in [0.15, 0.2) is 53.9 Å². The van der Waals surface area contributed by atoms with E-state index in [1.54, 1.807) is 42.5 Å². The molecule has 1 unspecified atom stereocenters. The molecule has 0 aliphatic carbocycles. The molecule has 9 heteroatoms. The molecule has 8 nitrogen and oxygen atoms in total. The van der Waals surface area contributed by atoms with E-state index in [-0.39, 0.29) is 19.5 Å². The molecule has 0 heterocycles. The van der Waals surface area contributed by atoms with Crippen LogP contribution in [0.2, 0.25) is 0 Å². The van der Waals surface area contributed by atoms with E-state index in [9.17, 15) is 18.3 Å². The Bertz CT molecular complexity index is 961. The van der Waals surface area contributed by atoms with E-state index < -0.39 is 22.0 Å². The highest BCUT2D eigenvalue weighted by atomic mass is 32.2. The lowest BCUT2D eigenvalue weighted by molar-refractivity contribution is -0.121. The van der Waals surface area contributed by atoms with Gasteiger partial charge in [0.05, 0.1) is 20.3 Å². The molecule has 0 radical (unpaired) electrons. The van der Waals surface area contributed by atoms with Crippen LogP contribution in [0.4, 0.5) is 0 Å². The highest BCUT2D eigenvalue weighted by Crippen LogP contribution is 2.29. The molecule has 0 saturated carbocycles. The fraction of sp³-hybridized carbons (Fsp3) is 0.286. The van der Waals surface area contributed by atoms with Crippen molar-refractivity contribution in [2.45, 2.75) is 12.5 Å². The normalized spacial score (nSPS) is 12.5. The Morgan fingerprint density at radius 2 is 1.87 bits per heavy atom. The Morgan fingerprint density at radius 3 is 2.53 bits per heavy atom. The van der Waals surface area contributed by atoms with E-state index in [1.807, 2.05) is 6.07 Å². The second-order valence-electron chi connectivity index (χ2n) is 6.33. The van der Waals surface area contributed by atoms with Crippen LogP contribution in [0, 0.1) is 0 Å². The number of carbonyl (C=O) groups excluding carboxylic acids is 1. The zero-order chi connectivity index (χ0) is 22.0. The maximum Gasteiger partial charge on any atom is 0.233 e. The lowest BCUT2D eigenvalue weighted by Gasteiger charge is -2.16. The summed E-state index contributed by atoms with van der Waals surface area (Å²) >= 11 is 0. The Balaban J connectivity index is 1.80. The van der Waals surface area contributed by atoms with Crippen LogP contribution in [0.5, 0.6) is 11.5 Å². The lowest BCUT2D eigenvalue weighted by atomic mass is 10.1. The van der Waals surface area contributed by atoms with Crippen LogP contribution in [-0.2, 0) is 14.8 Å². The molecule has 2 aromatic rings. The van der Waals surface area contributed by atoms with E-state index in [1.165, 1.54) is 20.3 Å². The number of aliphatic hydroxyl groups is 1. The van der Waals surface area contributed by atoms with Crippen molar-refractivity contribution in [1.29, 1.82) is 0 Å². The molecule has 2 rings (SSSR count). The highest BCUT2D eigenvalue weighted by molar-refractivity contribution is 7.92. The monoisotopic (exact) mass is 434 g/mol. The van der Waals surface area contributed by atoms with E-state index in [0.717, 1.165) is 11.0 Å². The number of amides is 1. The van der Waals surface area contributed by atoms with Gasteiger partial charge in [0.1, 0.15) is 11.5 Å². The molecule has 1 amide bonds. The summed E-state index contributed by atoms with van der Waals surface area (Å²) in [5.74, 6) is 0.621. The van der Waals surface area contributed by atoms with Crippen molar-refractivity contribution in [3.63, 3.8) is 0 Å². The number of nitrogens with one attached hydrogen (secondary N) is 2. The summed E-state index contributed by atoms with van der Waals surface area (Å²) < 4.78 is 36.6. The molecule has 162 valence electrons. The van der Waals surface area contributed by atoms with Gasteiger partial charge >= 0.3 is 0 Å². The quantitative estimate of drug-likeness (QED) is 0.497. The van der Waals surface area contributed by atoms with Gasteiger partial charge in [0.2, 0.25) is 15.9 Å². The molecule has 0 bridgehead atoms. The van der Waals surface area contributed by atoms with Crippen LogP contribution >= 0.6 is 0 Å². The van der Waals surface area contributed by atoms with Crippen LogP contribution in [0.25, 0.3) is 6.08 Å². The Kier molecular flexibility index (Phi) is 8.85. The molecule has 0 spiro atoms. The molecule has 0 saturated heterocycles. The Hall–Kier alpha value is -2.88. The fourth-order valence-corrected chi connectivity index (χ4v) is 3.41. The second kappa shape index (κ2) is 11.3. The minimum absolute atomic E-state index is 0.0526. The molecule has 0 fully saturated rings. The summed E-state index contributed by atoms with van der Waals surface area (Å²) in [6.07, 6.45) is 0.394. The Morgan fingerprint density at radius 1 is 1.13 bits per heavy atom. The zero-order valence-electron chi connectivity index (χ0n) is 16.9. The molecule has 1 atom stereocenters. The van der Waals surface area contributed by atoms with Gasteiger partial charge in [-0.25, -0.2) is 13.1 Å². The molecule has 0 aromatic heterocycles. The van der Waals surface area contributed by atoms with Gasteiger partial charge in [-0.2, -0.15) is 0 Å². The van der Waals surface area contributed by atoms with Crippen LogP contribution in [-0.4, -0.2) is 46.7 Å². The van der Waals surface area contributed by atoms with Crippen molar-refractivity contribution in [2.75, 3.05) is 27.3 Å². The summed E-state index contributed by atoms with van der Waals surface area (Å²) in [6.45, 7) is -0.116. The first-order chi connectivity index (χ1) is 14.3. The molecule has 30 heavy (non-hydrogen) atoms. The third kappa shape index (κ3) is 7.51. The molecule has 3 N–H and O–H groups in total. The third-order valence-electron chi connectivity index (χ3n) is 4.18. The first-order valence-corrected chi connectivity index (χ1v) is 10.8. The first kappa shape index (κ1) is 23.4. The minimum Gasteiger partial charge on any atom is -0.497 e. The van der Waals surface area contributed by atoms with Crippen LogP contribution in [0.3, 0.4) is 0 Å². The van der Waals surface area contributed by atoms with Crippen molar-refractivity contribution < 1.29 is 27.8 Å². The number of ether oxygens (including phenoxy) is 2. The molecule has 0 aliphatic heterocycles. The van der Waals surface area contributed by atoms with Crippen molar-refractivity contribution >= 4 is 22.0 Å². The summed E-state index contributed by atoms with van der Waals surface area (Å²) in [5, 5.41) is 14.0. The maximum atomic E-state index is 12.0. The van der Waals surface area contributed by atoms with Gasteiger partial charge < -0.3 is 19.9 Å². The summed E-state index contributed by atoms with van der Waals surface area (Å²) in [4.78, 5) is 12.0. The van der Waals surface area contributed by atoms with Crippen LogP contribution in [0.1, 0.15) is 23.7 Å². The van der Waals surface area contributed by atoms with Gasteiger partial charge in [-0.1, -0.05) is 30.3 Å². The van der Waals surface area contributed by atoms with E-state index in [4.69, 9.17) is 9.47 Å². The summed E-state index contributed by atoms with van der Waals surface area (Å²) in [5.41, 5.74) is 1.23. The zero-order valence-corrected chi connectivity index (χ0v) is 17.7. The average molecular weight is 435 g/mol. The predicted molar refractivity (Wildman–Crippen MR) is 115 cm³/mol. The van der Waals surface area contributed by atoms with E-state index >= 15 is 0 Å². The number of sulfonamides is 1. The number of benzene rings is 2. The van der Waals surface area contributed by atoms with Crippen molar-refractivity contribution in [2.24, 2.45) is 0 Å². The molecule has 0 aliphatic rings. The second-order valence-corrected chi connectivity index (χ2v) is 7.98. The van der Waals surface area contributed by atoms with Gasteiger partial charge in [0, 0.05) is 30.5 Å². The number of rotatable bonds is 11. The summed E-state index contributed by atoms with van der Waals surface area (Å²) in [7, 11) is -0.666. The van der Waals surface area contributed by atoms with E-state index in [2.05, 4.69) is 10.0 Å². The first-order valence-electron chi connectivity index (χ1n) is 9.24. The highest BCUT2D eigenvalue weighted by Gasteiger charge is 2.16. The molecular weight excluding hydrogens is 408 g/mol. The minimum atomic E-state index is -3.66. The number of carbonyl (C=O) groups is 1. The number of hydrogen-bond donors (Lipinski definition) is 3. The van der Waals surface area contributed by atoms with Crippen molar-refractivity contribution in [3.8, 4) is 11.5 Å². The maximum absolute atomic E-state index is 12.0. The largest absolute Gasteiger partial charge is 0.497 e. The average Bonchev–Trinajstić information content (AvgIpc) is 2.76. The van der Waals surface area contributed by atoms with Crippen molar-refractivity contribution in [3.05, 3.63) is 65.1 Å². The van der Waals surface area contributed by atoms with Gasteiger partial charge in [0.15, 0.2) is 0 Å². The van der Waals surface area contributed by atoms with E-state index in [0.29, 0.717) is 17.1 Å². The number of hydrogen-bond acceptors (Lipinski definition) is 6. The molecular formula is C21H26N2O6S. The van der Waals surface area contributed by atoms with Gasteiger partial charge in [-0.05, 0) is 29.8 Å². The van der Waals surface area contributed by atoms with Gasteiger partial charge in [-0.15, -0.1) is 0 Å². The van der Waals surface area contributed by atoms with Gasteiger partial charge in [-0.3, -0.25) is 4.79 Å². The fourth-order valence-electron chi connectivity index (χ4n) is 2.60. The SMILES string of the molecule is COc1ccc(OC)c(C(O)CNC(=O)CCNS(=O)(=O)/C=C/c2ccccc2)c1. The lowest BCUT2D eigenvalue weighted by Crippen LogP contribution is -2.32. The van der Waals surface area contributed by atoms with Crippen LogP contribution < -0.4 is 19.5 Å². The topological polar surface area (TPSA) is 114 Å². The number of aliphatic hydroxyl groups excluding tert-OH is 1. The Labute approximate surface area is 176 Å². The third-order valence-corrected chi connectivity index (χ3v) is 5.28. The van der Waals surface area contributed by atoms with Crippen molar-refractivity contribution in [1.82, 2.24) is 10.0 Å². The van der Waals surface area contributed by atoms with Gasteiger partial charge in [0.25, 0.3) is 0 Å². The standard InChI is InChI=1S/C21H26N2O6S/c1-28-17-8-9-20(29-2)18(14-17)19(24)15-22-21(25)10-12-23-30(26,27)13-11-16-6-4-3-5-7-16/h3-9,11,13-14,19,23-24H,10,12,15H2,1-2H3,(H,22,25)/b13-11+.